The van der Waals surface area contributed by atoms with E-state index in [0.717, 1.165) is 8.19 Å². The van der Waals surface area contributed by atoms with Crippen molar-refractivity contribution in [2.24, 2.45) is 0 Å². The van der Waals surface area contributed by atoms with Gasteiger partial charge >= 0.3 is 35.6 Å². The van der Waals surface area contributed by atoms with Crippen molar-refractivity contribution in [2.45, 2.75) is 6.92 Å². The van der Waals surface area contributed by atoms with Gasteiger partial charge in [0.25, 0.3) is 0 Å². The van der Waals surface area contributed by atoms with Crippen LogP contribution in [0.2, 0.25) is 0 Å². The van der Waals surface area contributed by atoms with Gasteiger partial charge in [-0.25, -0.2) is 6.07 Å². The summed E-state index contributed by atoms with van der Waals surface area (Å²) in [5.41, 5.74) is 1.37. The maximum Gasteiger partial charge on any atom is -0.163 e. The van der Waals surface area contributed by atoms with E-state index in [4.69, 9.17) is 18.6 Å². The topological polar surface area (TPSA) is 0 Å². The largest absolute Gasteiger partial charge is 0.271 e. The van der Waals surface area contributed by atoms with Crippen LogP contribution in [0, 0.1) is 12.7 Å². The van der Waals surface area contributed by atoms with Crippen LogP contribution in [0.25, 0.3) is 10.8 Å². The van der Waals surface area contributed by atoms with E-state index in [9.17, 15) is 0 Å². The zero-order valence-corrected chi connectivity index (χ0v) is 14.0. The van der Waals surface area contributed by atoms with E-state index in [-0.39, 0.29) is 0 Å². The van der Waals surface area contributed by atoms with E-state index in [1.807, 2.05) is 12.1 Å². The van der Waals surface area contributed by atoms with Gasteiger partial charge < -0.3 is 0 Å². The predicted octanol–water partition coefficient (Wildman–Crippen LogP) is 5.76. The summed E-state index contributed by atoms with van der Waals surface area (Å²) in [7, 11) is 10.6. The fraction of sp³-hybridized carbons (Fsp3) is 0.0714. The van der Waals surface area contributed by atoms with Gasteiger partial charge in [0, 0.05) is 0 Å². The average molecular weight is 331 g/mol. The molecular formula is C14H13Cl2PTi-2. The minimum absolute atomic E-state index is 0.556. The zero-order valence-electron chi connectivity index (χ0n) is 9.95. The van der Waals surface area contributed by atoms with Crippen molar-refractivity contribution in [3.63, 3.8) is 0 Å². The molecule has 1 aromatic heterocycles. The van der Waals surface area contributed by atoms with Gasteiger partial charge in [0.2, 0.25) is 0 Å². The molecule has 4 heteroatoms. The molecule has 0 amide bonds. The Kier molecular flexibility index (Phi) is 8.68. The van der Waals surface area contributed by atoms with Gasteiger partial charge in [-0.15, -0.1) is 34.5 Å². The Morgan fingerprint density at radius 2 is 1.89 bits per heavy atom. The van der Waals surface area contributed by atoms with Crippen LogP contribution in [-0.2, 0) is 17.0 Å². The van der Waals surface area contributed by atoms with Crippen molar-refractivity contribution in [2.75, 3.05) is 0 Å². The second-order valence-electron chi connectivity index (χ2n) is 3.49. The SMILES string of the molecule is C[c-]1ccc2ccccc21.[Cl][Ti][Cl].[c-]1ccc[pH]1. The van der Waals surface area contributed by atoms with E-state index in [1.54, 1.807) is 0 Å². The van der Waals surface area contributed by atoms with Crippen LogP contribution in [-0.4, -0.2) is 0 Å². The fourth-order valence-electron chi connectivity index (χ4n) is 1.55. The second-order valence-corrected chi connectivity index (χ2v) is 6.98. The third kappa shape index (κ3) is 5.70. The van der Waals surface area contributed by atoms with Crippen LogP contribution >= 0.6 is 26.8 Å². The molecule has 94 valence electrons. The maximum atomic E-state index is 4.89. The van der Waals surface area contributed by atoms with Gasteiger partial charge in [0.1, 0.15) is 0 Å². The summed E-state index contributed by atoms with van der Waals surface area (Å²) >= 11 is -0.556. The molecule has 0 fully saturated rings. The molecule has 0 aliphatic rings. The Hall–Kier alpha value is -0.0957. The molecule has 18 heavy (non-hydrogen) atoms. The molecular weight excluding hydrogens is 318 g/mol. The third-order valence-electron chi connectivity index (χ3n) is 2.34. The van der Waals surface area contributed by atoms with Gasteiger partial charge in [-0.2, -0.15) is 29.8 Å². The monoisotopic (exact) mass is 330 g/mol. The first-order valence-electron chi connectivity index (χ1n) is 5.36. The Morgan fingerprint density at radius 1 is 1.17 bits per heavy atom. The molecule has 0 nitrogen and oxygen atoms in total. The van der Waals surface area contributed by atoms with Crippen molar-refractivity contribution in [1.82, 2.24) is 0 Å². The normalized spacial score (nSPS) is 9.28. The van der Waals surface area contributed by atoms with Crippen molar-refractivity contribution >= 4 is 37.6 Å². The molecule has 1 unspecified atom stereocenters. The van der Waals surface area contributed by atoms with Gasteiger partial charge in [0.15, 0.2) is 0 Å². The number of rotatable bonds is 0. The van der Waals surface area contributed by atoms with Crippen LogP contribution in [0.5, 0.6) is 0 Å². The van der Waals surface area contributed by atoms with Crippen molar-refractivity contribution in [3.05, 3.63) is 65.7 Å². The molecule has 0 aliphatic heterocycles. The van der Waals surface area contributed by atoms with Gasteiger partial charge in [-0.1, -0.05) is 13.0 Å². The number of benzene rings is 1. The minimum Gasteiger partial charge on any atom is -0.271 e. The number of halogens is 2. The minimum atomic E-state index is -0.556. The average Bonchev–Trinajstić information content (AvgIpc) is 3.05. The summed E-state index contributed by atoms with van der Waals surface area (Å²) in [6.45, 7) is 2.14. The summed E-state index contributed by atoms with van der Waals surface area (Å²) in [4.78, 5) is 0. The Bertz CT molecular complexity index is 514. The van der Waals surface area contributed by atoms with Gasteiger partial charge in [-0.05, 0) is 0 Å². The number of aryl methyl sites for hydroxylation is 1. The van der Waals surface area contributed by atoms with Crippen LogP contribution in [0.15, 0.2) is 54.3 Å². The van der Waals surface area contributed by atoms with Crippen LogP contribution in [0.3, 0.4) is 0 Å². The second kappa shape index (κ2) is 9.78. The smallest absolute Gasteiger partial charge is 0.163 e. The molecule has 3 rings (SSSR count). The van der Waals surface area contributed by atoms with Crippen LogP contribution in [0.1, 0.15) is 5.56 Å². The number of fused-ring (bicyclic) bond motifs is 1. The number of hydrogen-bond acceptors (Lipinski definition) is 0. The Labute approximate surface area is 126 Å². The number of hydrogen-bond donors (Lipinski definition) is 0. The maximum absolute atomic E-state index is 4.89. The molecule has 2 aromatic carbocycles. The van der Waals surface area contributed by atoms with Crippen LogP contribution in [0.4, 0.5) is 0 Å². The molecule has 0 N–H and O–H groups in total. The van der Waals surface area contributed by atoms with Crippen molar-refractivity contribution in [3.8, 4) is 0 Å². The Morgan fingerprint density at radius 3 is 2.39 bits per heavy atom. The predicted molar refractivity (Wildman–Crippen MR) is 80.8 cm³/mol. The summed E-state index contributed by atoms with van der Waals surface area (Å²) in [5, 5.41) is 2.72. The zero-order chi connectivity index (χ0) is 13.2. The molecule has 3 aromatic rings. The van der Waals surface area contributed by atoms with E-state index < -0.39 is 17.0 Å². The summed E-state index contributed by atoms with van der Waals surface area (Å²) < 4.78 is 0. The fourth-order valence-corrected chi connectivity index (χ4v) is 2.03. The molecule has 0 aliphatic carbocycles. The first kappa shape index (κ1) is 16.0. The molecule has 0 radical (unpaired) electrons. The van der Waals surface area contributed by atoms with E-state index in [0.29, 0.717) is 0 Å². The Balaban J connectivity index is 0.000000170. The van der Waals surface area contributed by atoms with Gasteiger partial charge in [0.05, 0.1) is 0 Å². The van der Waals surface area contributed by atoms with Gasteiger partial charge in [-0.3, -0.25) is 8.19 Å². The van der Waals surface area contributed by atoms with Crippen molar-refractivity contribution < 1.29 is 17.0 Å². The van der Waals surface area contributed by atoms with E-state index in [2.05, 4.69) is 54.9 Å². The summed E-state index contributed by atoms with van der Waals surface area (Å²) in [5.74, 6) is 5.11. The van der Waals surface area contributed by atoms with Crippen molar-refractivity contribution in [1.29, 1.82) is 0 Å². The molecule has 0 saturated heterocycles. The molecule has 1 heterocycles. The summed E-state index contributed by atoms with van der Waals surface area (Å²) in [6, 6.07) is 16.7. The molecule has 0 bridgehead atoms. The first-order valence-corrected chi connectivity index (χ1v) is 10.7. The standard InChI is InChI=1S/C10H9.C4H4P.2ClH.Ti/c1-8-6-7-9-4-2-3-5-10(8)9;1-2-4-5-3-1;;;/h2-7H,1H3;1-3,5H;2*1H;/q2*-1;;;+2/p-2. The third-order valence-corrected chi connectivity index (χ3v) is 3.03. The van der Waals surface area contributed by atoms with E-state index >= 15 is 0 Å². The molecule has 0 spiro atoms. The molecule has 0 saturated carbocycles. The van der Waals surface area contributed by atoms with E-state index in [1.165, 1.54) is 16.3 Å². The quantitative estimate of drug-likeness (QED) is 0.363. The van der Waals surface area contributed by atoms with Crippen LogP contribution < -0.4 is 0 Å². The summed E-state index contributed by atoms with van der Waals surface area (Å²) in [6.07, 6.45) is 0. The first-order chi connectivity index (χ1) is 8.79. The molecule has 1 atom stereocenters.